The average Bonchev–Trinajstić information content (AvgIpc) is 2.15. The van der Waals surface area contributed by atoms with Gasteiger partial charge in [-0.05, 0) is 0 Å². The molecule has 0 aliphatic carbocycles. The highest BCUT2D eigenvalue weighted by molar-refractivity contribution is 7.87. The summed E-state index contributed by atoms with van der Waals surface area (Å²) in [6, 6.07) is 0.601. The van der Waals surface area contributed by atoms with Crippen LogP contribution in [0.25, 0.3) is 0 Å². The van der Waals surface area contributed by atoms with Crippen molar-refractivity contribution in [1.29, 1.82) is 0 Å². The van der Waals surface area contributed by atoms with Crippen LogP contribution in [0.5, 0.6) is 5.88 Å². The molecule has 1 amide bonds. The van der Waals surface area contributed by atoms with Crippen molar-refractivity contribution in [3.63, 3.8) is 0 Å². The zero-order valence-corrected chi connectivity index (χ0v) is 8.82. The number of nitrogens with zero attached hydrogens (tertiary/aromatic N) is 1. The maximum atomic E-state index is 12.8. The molecule has 9 heteroatoms. The van der Waals surface area contributed by atoms with E-state index in [-0.39, 0.29) is 0 Å². The third-order valence-corrected chi connectivity index (χ3v) is 2.65. The SMILES string of the molecule is COc1ncc(F)cc1S(=O)(=O)OC(N)=O. The number of nitrogens with two attached hydrogens (primary N) is 1. The summed E-state index contributed by atoms with van der Waals surface area (Å²) in [5, 5.41) is 0. The Morgan fingerprint density at radius 1 is 1.56 bits per heavy atom. The fourth-order valence-electron chi connectivity index (χ4n) is 0.894. The quantitative estimate of drug-likeness (QED) is 0.757. The van der Waals surface area contributed by atoms with Gasteiger partial charge in [0.15, 0.2) is 4.90 Å². The van der Waals surface area contributed by atoms with Crippen LogP contribution in [0.2, 0.25) is 0 Å². The summed E-state index contributed by atoms with van der Waals surface area (Å²) in [6.45, 7) is 0. The molecule has 1 rings (SSSR count). The molecule has 0 unspecified atom stereocenters. The maximum absolute atomic E-state index is 12.8. The van der Waals surface area contributed by atoms with Gasteiger partial charge in [0.05, 0.1) is 13.3 Å². The van der Waals surface area contributed by atoms with E-state index in [0.717, 1.165) is 13.3 Å². The highest BCUT2D eigenvalue weighted by Gasteiger charge is 2.25. The number of ether oxygens (including phenoxy) is 1. The van der Waals surface area contributed by atoms with E-state index in [9.17, 15) is 17.6 Å². The van der Waals surface area contributed by atoms with Gasteiger partial charge in [-0.3, -0.25) is 0 Å². The minimum Gasteiger partial charge on any atom is -0.480 e. The summed E-state index contributed by atoms with van der Waals surface area (Å²) in [5.41, 5.74) is 4.55. The first-order valence-corrected chi connectivity index (χ1v) is 5.21. The molecule has 0 bridgehead atoms. The van der Waals surface area contributed by atoms with Crippen LogP contribution in [-0.4, -0.2) is 26.6 Å². The zero-order valence-electron chi connectivity index (χ0n) is 8.01. The Hall–Kier alpha value is -1.90. The summed E-state index contributed by atoms with van der Waals surface area (Å²) in [5.74, 6) is -1.32. The van der Waals surface area contributed by atoms with Crippen molar-refractivity contribution in [2.24, 2.45) is 5.73 Å². The number of pyridine rings is 1. The van der Waals surface area contributed by atoms with E-state index in [1.165, 1.54) is 0 Å². The van der Waals surface area contributed by atoms with Crippen LogP contribution >= 0.6 is 0 Å². The molecule has 0 saturated heterocycles. The van der Waals surface area contributed by atoms with E-state index in [4.69, 9.17) is 0 Å². The van der Waals surface area contributed by atoms with Crippen LogP contribution in [0.3, 0.4) is 0 Å². The van der Waals surface area contributed by atoms with Crippen LogP contribution in [0.1, 0.15) is 0 Å². The Bertz CT molecular complexity index is 516. The first-order chi connectivity index (χ1) is 7.36. The summed E-state index contributed by atoms with van der Waals surface area (Å²) in [6.07, 6.45) is -0.784. The molecular weight excluding hydrogens is 243 g/mol. The molecule has 0 aliphatic heterocycles. The number of primary amides is 1. The van der Waals surface area contributed by atoms with Crippen LogP contribution in [0.15, 0.2) is 17.2 Å². The molecular formula is C7H7FN2O5S. The molecule has 1 aromatic rings. The monoisotopic (exact) mass is 250 g/mol. The minimum atomic E-state index is -4.53. The molecule has 1 aromatic heterocycles. The van der Waals surface area contributed by atoms with Gasteiger partial charge in [-0.15, -0.1) is 0 Å². The van der Waals surface area contributed by atoms with Gasteiger partial charge in [-0.1, -0.05) is 0 Å². The Labute approximate surface area is 90.1 Å². The lowest BCUT2D eigenvalue weighted by Gasteiger charge is -2.06. The van der Waals surface area contributed by atoms with Gasteiger partial charge in [0.2, 0.25) is 5.88 Å². The van der Waals surface area contributed by atoms with E-state index < -0.39 is 32.8 Å². The zero-order chi connectivity index (χ0) is 12.3. The lowest BCUT2D eigenvalue weighted by molar-refractivity contribution is 0.212. The number of hydrogen-bond acceptors (Lipinski definition) is 6. The van der Waals surface area contributed by atoms with E-state index in [2.05, 4.69) is 19.6 Å². The van der Waals surface area contributed by atoms with Crippen molar-refractivity contribution < 1.29 is 26.5 Å². The number of halogens is 1. The Morgan fingerprint density at radius 3 is 2.69 bits per heavy atom. The Morgan fingerprint density at radius 2 is 2.19 bits per heavy atom. The summed E-state index contributed by atoms with van der Waals surface area (Å²) in [7, 11) is -3.40. The molecule has 0 aromatic carbocycles. The van der Waals surface area contributed by atoms with Crippen molar-refractivity contribution in [2.75, 3.05) is 7.11 Å². The molecule has 7 nitrogen and oxygen atoms in total. The van der Waals surface area contributed by atoms with Gasteiger partial charge in [0, 0.05) is 6.07 Å². The number of aromatic nitrogens is 1. The second-order valence-electron chi connectivity index (χ2n) is 2.52. The second kappa shape index (κ2) is 4.31. The van der Waals surface area contributed by atoms with Crippen molar-refractivity contribution in [3.8, 4) is 5.88 Å². The number of methoxy groups -OCH3 is 1. The first kappa shape index (κ1) is 12.2. The Balaban J connectivity index is 3.31. The minimum absolute atomic E-state index is 0.400. The number of amides is 1. The van der Waals surface area contributed by atoms with Gasteiger partial charge in [-0.2, -0.15) is 8.42 Å². The highest BCUT2D eigenvalue weighted by Crippen LogP contribution is 2.23. The van der Waals surface area contributed by atoms with Gasteiger partial charge >= 0.3 is 16.2 Å². The van der Waals surface area contributed by atoms with Gasteiger partial charge in [0.1, 0.15) is 5.82 Å². The molecule has 0 aliphatic rings. The predicted molar refractivity (Wildman–Crippen MR) is 48.6 cm³/mol. The van der Waals surface area contributed by atoms with E-state index >= 15 is 0 Å². The molecule has 2 N–H and O–H groups in total. The van der Waals surface area contributed by atoms with Crippen LogP contribution < -0.4 is 10.5 Å². The average molecular weight is 250 g/mol. The van der Waals surface area contributed by atoms with Crippen LogP contribution in [-0.2, 0) is 14.3 Å². The van der Waals surface area contributed by atoms with Gasteiger partial charge in [-0.25, -0.2) is 14.2 Å². The van der Waals surface area contributed by atoms with Crippen molar-refractivity contribution in [2.45, 2.75) is 4.90 Å². The number of carbonyl (C=O) groups excluding carboxylic acids is 1. The van der Waals surface area contributed by atoms with Crippen LogP contribution in [0.4, 0.5) is 9.18 Å². The summed E-state index contributed by atoms with van der Waals surface area (Å²) >= 11 is 0. The molecule has 0 atom stereocenters. The van der Waals surface area contributed by atoms with Crippen molar-refractivity contribution in [1.82, 2.24) is 4.98 Å². The lowest BCUT2D eigenvalue weighted by Crippen LogP contribution is -2.19. The molecule has 0 radical (unpaired) electrons. The molecule has 0 fully saturated rings. The fraction of sp³-hybridized carbons (Fsp3) is 0.143. The number of rotatable bonds is 3. The fourth-order valence-corrected chi connectivity index (χ4v) is 1.81. The molecule has 1 heterocycles. The smallest absolute Gasteiger partial charge is 0.420 e. The molecule has 0 saturated carbocycles. The van der Waals surface area contributed by atoms with E-state index in [1.807, 2.05) is 0 Å². The third kappa shape index (κ3) is 2.57. The van der Waals surface area contributed by atoms with Crippen molar-refractivity contribution in [3.05, 3.63) is 18.1 Å². The largest absolute Gasteiger partial charge is 0.480 e. The first-order valence-electron chi connectivity index (χ1n) is 3.80. The van der Waals surface area contributed by atoms with Gasteiger partial charge < -0.3 is 14.7 Å². The maximum Gasteiger partial charge on any atom is 0.420 e. The standard InChI is InChI=1S/C7H7FN2O5S/c1-14-6-5(2-4(8)3-10-6)16(12,13)15-7(9)11/h2-3H,1H3,(H2,9,11). The molecule has 16 heavy (non-hydrogen) atoms. The second-order valence-corrected chi connectivity index (χ2v) is 4.03. The Kier molecular flexibility index (Phi) is 3.28. The predicted octanol–water partition coefficient (Wildman–Crippen LogP) is 0.0133. The normalized spacial score (nSPS) is 10.9. The van der Waals surface area contributed by atoms with Crippen LogP contribution in [0, 0.1) is 5.82 Å². The molecule has 0 spiro atoms. The van der Waals surface area contributed by atoms with Gasteiger partial charge in [0.25, 0.3) is 0 Å². The molecule has 88 valence electrons. The topological polar surface area (TPSA) is 109 Å². The summed E-state index contributed by atoms with van der Waals surface area (Å²) in [4.78, 5) is 13.0. The number of hydrogen-bond donors (Lipinski definition) is 1. The highest BCUT2D eigenvalue weighted by atomic mass is 32.2. The lowest BCUT2D eigenvalue weighted by atomic mass is 10.5. The van der Waals surface area contributed by atoms with Crippen molar-refractivity contribution >= 4 is 16.2 Å². The number of carbonyl (C=O) groups is 1. The van der Waals surface area contributed by atoms with E-state index in [0.29, 0.717) is 6.07 Å². The van der Waals surface area contributed by atoms with E-state index in [1.54, 1.807) is 0 Å². The summed E-state index contributed by atoms with van der Waals surface area (Å²) < 4.78 is 44.0. The third-order valence-electron chi connectivity index (χ3n) is 1.44.